The molecule has 0 aromatic heterocycles. The Morgan fingerprint density at radius 1 is 1.06 bits per heavy atom. The predicted molar refractivity (Wildman–Crippen MR) is 159 cm³/mol. The van der Waals surface area contributed by atoms with E-state index >= 15 is 0 Å². The molecular formula is C32H36N2O13. The first-order chi connectivity index (χ1) is 22.2. The van der Waals surface area contributed by atoms with E-state index in [1.807, 2.05) is 0 Å². The number of Topliss-reactive ketones (excluding diaryl/α,β-unsaturated/α-hetero) is 1. The van der Waals surface area contributed by atoms with Gasteiger partial charge < -0.3 is 50.8 Å². The van der Waals surface area contributed by atoms with Crippen LogP contribution in [0, 0.1) is 0 Å². The molecule has 5 rings (SSSR count). The Balaban J connectivity index is 1.55. The zero-order valence-corrected chi connectivity index (χ0v) is 25.7. The number of aromatic hydroxyl groups is 2. The van der Waals surface area contributed by atoms with Crippen molar-refractivity contribution in [2.24, 2.45) is 11.5 Å². The molecular weight excluding hydrogens is 620 g/mol. The fraction of sp³-hybridized carbons (Fsp3) is 0.469. The number of phenols is 2. The maximum absolute atomic E-state index is 13.8. The number of benzene rings is 2. The highest BCUT2D eigenvalue weighted by Crippen LogP contribution is 2.52. The number of hydrogen-bond acceptors (Lipinski definition) is 14. The van der Waals surface area contributed by atoms with Crippen LogP contribution in [0.5, 0.6) is 17.2 Å². The molecule has 0 saturated carbocycles. The molecule has 2 aromatic carbocycles. The quantitative estimate of drug-likeness (QED) is 0.126. The van der Waals surface area contributed by atoms with Gasteiger partial charge in [0.2, 0.25) is 17.5 Å². The third-order valence-electron chi connectivity index (χ3n) is 8.83. The maximum Gasteiger partial charge on any atom is 0.306 e. The van der Waals surface area contributed by atoms with Gasteiger partial charge in [0.25, 0.3) is 0 Å². The number of hydrogen-bond donors (Lipinski definition) is 6. The van der Waals surface area contributed by atoms with E-state index in [9.17, 15) is 44.4 Å². The second-order valence-electron chi connectivity index (χ2n) is 12.0. The van der Waals surface area contributed by atoms with E-state index in [2.05, 4.69) is 0 Å². The molecule has 1 fully saturated rings. The van der Waals surface area contributed by atoms with E-state index in [4.69, 9.17) is 30.4 Å². The second kappa shape index (κ2) is 13.0. The third-order valence-corrected chi connectivity index (χ3v) is 8.83. The van der Waals surface area contributed by atoms with E-state index in [0.717, 1.165) is 0 Å². The maximum atomic E-state index is 13.8. The summed E-state index contributed by atoms with van der Waals surface area (Å²) in [7, 11) is 1.31. The van der Waals surface area contributed by atoms with E-state index < -0.39 is 108 Å². The molecule has 0 spiro atoms. The van der Waals surface area contributed by atoms with Crippen molar-refractivity contribution in [2.75, 3.05) is 13.7 Å². The molecule has 0 unspecified atom stereocenters. The zero-order chi connectivity index (χ0) is 34.4. The number of ether oxygens (including phenoxy) is 4. The molecule has 15 nitrogen and oxygen atoms in total. The number of carbonyl (C=O) groups excluding carboxylic acids is 5. The molecule has 6 atom stereocenters. The Hall–Kier alpha value is -4.41. The largest absolute Gasteiger partial charge is 0.507 e. The lowest BCUT2D eigenvalue weighted by molar-refractivity contribution is -0.247. The Bertz CT molecular complexity index is 1640. The van der Waals surface area contributed by atoms with E-state index in [-0.39, 0.29) is 53.7 Å². The highest BCUT2D eigenvalue weighted by Gasteiger charge is 2.50. The Morgan fingerprint density at radius 3 is 2.43 bits per heavy atom. The topological polar surface area (TPSA) is 255 Å². The number of aliphatic hydroxyl groups is 2. The van der Waals surface area contributed by atoms with E-state index in [1.165, 1.54) is 25.3 Å². The molecule has 1 aliphatic heterocycles. The summed E-state index contributed by atoms with van der Waals surface area (Å²) in [4.78, 5) is 64.1. The summed E-state index contributed by atoms with van der Waals surface area (Å²) in [5.41, 5.74) is 7.09. The molecule has 2 aliphatic carbocycles. The van der Waals surface area contributed by atoms with Gasteiger partial charge in [-0.05, 0) is 19.4 Å². The number of fused-ring (bicyclic) bond motifs is 3. The molecule has 0 bridgehead atoms. The summed E-state index contributed by atoms with van der Waals surface area (Å²) >= 11 is 0. The fourth-order valence-corrected chi connectivity index (χ4v) is 6.36. The molecule has 15 heteroatoms. The minimum atomic E-state index is -2.37. The van der Waals surface area contributed by atoms with Crippen molar-refractivity contribution in [1.82, 2.24) is 0 Å². The van der Waals surface area contributed by atoms with Gasteiger partial charge >= 0.3 is 5.97 Å². The highest BCUT2D eigenvalue weighted by atomic mass is 16.7. The van der Waals surface area contributed by atoms with Gasteiger partial charge in [0, 0.05) is 54.8 Å². The van der Waals surface area contributed by atoms with Crippen LogP contribution in [-0.4, -0.2) is 93.5 Å². The molecule has 0 radical (unpaired) electrons. The van der Waals surface area contributed by atoms with Gasteiger partial charge in [0.05, 0.1) is 42.1 Å². The summed E-state index contributed by atoms with van der Waals surface area (Å²) < 4.78 is 22.2. The van der Waals surface area contributed by atoms with Crippen molar-refractivity contribution in [3.8, 4) is 17.2 Å². The Labute approximate surface area is 268 Å². The summed E-state index contributed by atoms with van der Waals surface area (Å²) in [6.07, 6.45) is -5.81. The monoisotopic (exact) mass is 656 g/mol. The Morgan fingerprint density at radius 2 is 1.77 bits per heavy atom. The van der Waals surface area contributed by atoms with Crippen LogP contribution in [-0.2, 0) is 35.0 Å². The van der Waals surface area contributed by atoms with Crippen molar-refractivity contribution < 1.29 is 63.3 Å². The number of amides is 1. The van der Waals surface area contributed by atoms with Crippen molar-refractivity contribution in [2.45, 2.75) is 81.7 Å². The minimum absolute atomic E-state index is 0.0354. The molecule has 8 N–H and O–H groups in total. The van der Waals surface area contributed by atoms with Gasteiger partial charge in [0.15, 0.2) is 18.7 Å². The number of esters is 1. The van der Waals surface area contributed by atoms with E-state index in [0.29, 0.717) is 0 Å². The molecule has 252 valence electrons. The number of nitrogens with two attached hydrogens (primary N) is 2. The number of methoxy groups -OCH3 is 1. The number of phenolic OH excluding ortho intramolecular Hbond substituents is 2. The number of carbonyl (C=O) groups is 5. The molecule has 1 amide bonds. The van der Waals surface area contributed by atoms with Crippen LogP contribution in [0.25, 0.3) is 0 Å². The normalized spacial score (nSPS) is 26.5. The lowest BCUT2D eigenvalue weighted by atomic mass is 9.72. The zero-order valence-electron chi connectivity index (χ0n) is 25.7. The number of ketones is 3. The van der Waals surface area contributed by atoms with Gasteiger partial charge in [-0.1, -0.05) is 12.1 Å². The van der Waals surface area contributed by atoms with Crippen LogP contribution in [0.3, 0.4) is 0 Å². The van der Waals surface area contributed by atoms with E-state index in [1.54, 1.807) is 6.92 Å². The number of primary amides is 1. The molecule has 3 aliphatic rings. The van der Waals surface area contributed by atoms with Crippen LogP contribution in [0.15, 0.2) is 18.2 Å². The standard InChI is InChI=1S/C32H36N2O13/c1-13-27(38)16(33)9-22(46-13)47-18-11-32(43,19(35)12-45-21(37)8-4-7-20(34)36)10-15-24(18)31(42)26-25(29(15)40)28(39)14-5-3-6-17(44-2)23(14)30(26)41/h3,5-6,13,16,18,22,27,38,40,42-43H,4,7-12,33H2,1-2H3,(H2,34,36)/t13-,16-,18-,22-,27+,32-/m0/s1. The van der Waals surface area contributed by atoms with Gasteiger partial charge in [-0.3, -0.25) is 24.0 Å². The summed E-state index contributed by atoms with van der Waals surface area (Å²) in [6.45, 7) is 0.672. The summed E-state index contributed by atoms with van der Waals surface area (Å²) in [5.74, 6) is -5.45. The SMILES string of the molecule is COc1cccc2c1C(=O)c1c(O)c3c(c(O)c1C2=O)C[C@@](O)(C(=O)COC(=O)CCCC(N)=O)C[C@@H]3O[C@H]1C[C@H](N)[C@H](O)[C@H](C)O1. The molecule has 47 heavy (non-hydrogen) atoms. The van der Waals surface area contributed by atoms with Crippen molar-refractivity contribution in [1.29, 1.82) is 0 Å². The first-order valence-electron chi connectivity index (χ1n) is 15.0. The molecule has 1 heterocycles. The van der Waals surface area contributed by atoms with Crippen LogP contribution >= 0.6 is 0 Å². The minimum Gasteiger partial charge on any atom is -0.507 e. The first-order valence-corrected chi connectivity index (χ1v) is 15.0. The first kappa shape index (κ1) is 33.9. The van der Waals surface area contributed by atoms with Gasteiger partial charge in [-0.25, -0.2) is 0 Å². The van der Waals surface area contributed by atoms with Crippen molar-refractivity contribution in [3.63, 3.8) is 0 Å². The van der Waals surface area contributed by atoms with Crippen molar-refractivity contribution in [3.05, 3.63) is 51.6 Å². The van der Waals surface area contributed by atoms with Crippen molar-refractivity contribution >= 4 is 29.2 Å². The third kappa shape index (κ3) is 6.19. The lowest BCUT2D eigenvalue weighted by Crippen LogP contribution is -2.53. The average Bonchev–Trinajstić information content (AvgIpc) is 3.02. The second-order valence-corrected chi connectivity index (χ2v) is 12.0. The highest BCUT2D eigenvalue weighted by molar-refractivity contribution is 6.31. The smallest absolute Gasteiger partial charge is 0.306 e. The van der Waals surface area contributed by atoms with Gasteiger partial charge in [0.1, 0.15) is 22.8 Å². The number of rotatable bonds is 10. The number of aliphatic hydroxyl groups excluding tert-OH is 1. The summed E-state index contributed by atoms with van der Waals surface area (Å²) in [6, 6.07) is 3.52. The van der Waals surface area contributed by atoms with Crippen LogP contribution in [0.2, 0.25) is 0 Å². The van der Waals surface area contributed by atoms with Crippen LogP contribution < -0.4 is 16.2 Å². The predicted octanol–water partition coefficient (Wildman–Crippen LogP) is 0.208. The van der Waals surface area contributed by atoms with Gasteiger partial charge in [-0.15, -0.1) is 0 Å². The molecule has 2 aromatic rings. The van der Waals surface area contributed by atoms with Crippen LogP contribution in [0.1, 0.15) is 88.1 Å². The average molecular weight is 657 g/mol. The lowest BCUT2D eigenvalue weighted by Gasteiger charge is -2.42. The molecule has 1 saturated heterocycles. The fourth-order valence-electron chi connectivity index (χ4n) is 6.36. The van der Waals surface area contributed by atoms with Gasteiger partial charge in [-0.2, -0.15) is 0 Å². The Kier molecular flexibility index (Phi) is 9.39. The van der Waals surface area contributed by atoms with Crippen LogP contribution in [0.4, 0.5) is 0 Å². The summed E-state index contributed by atoms with van der Waals surface area (Å²) in [5, 5.41) is 45.2.